The Morgan fingerprint density at radius 1 is 0.765 bits per heavy atom. The van der Waals surface area contributed by atoms with Crippen LogP contribution in [0.3, 0.4) is 0 Å². The fourth-order valence-electron chi connectivity index (χ4n) is 0.313. The van der Waals surface area contributed by atoms with E-state index in [1.807, 2.05) is 18.2 Å². The third-order valence-corrected chi connectivity index (χ3v) is 0.566. The molecule has 0 aliphatic rings. The van der Waals surface area contributed by atoms with Gasteiger partial charge < -0.3 is 36.5 Å². The van der Waals surface area contributed by atoms with Gasteiger partial charge in [0.25, 0.3) is 0 Å². The minimum absolute atomic E-state index is 0. The molecule has 10 nitrogen and oxygen atoms in total. The number of rotatable bonds is 0. The fraction of sp³-hybridized carbons (Fsp3) is 0. The molecule has 12 heteroatoms. The molecule has 0 amide bonds. The predicted molar refractivity (Wildman–Crippen MR) is 52.8 cm³/mol. The smallest absolute Gasteiger partial charge is 0.759 e. The molecular formula is C5H15CuNO9S. The predicted octanol–water partition coefficient (Wildman–Crippen LogP) is -4.38. The Labute approximate surface area is 108 Å². The maximum Gasteiger partial charge on any atom is 2.00 e. The number of hydrogen-bond donors (Lipinski definition) is 0. The summed E-state index contributed by atoms with van der Waals surface area (Å²) in [4.78, 5) is 3.78. The Balaban J connectivity index is -0.0000000176. The normalized spacial score (nSPS) is 6.24. The number of nitrogens with zero attached hydrogens (tertiary/aromatic N) is 1. The monoisotopic (exact) mass is 328 g/mol. The molecule has 111 valence electrons. The largest absolute Gasteiger partial charge is 2.00 e. The summed E-state index contributed by atoms with van der Waals surface area (Å²) in [7, 11) is -5.17. The summed E-state index contributed by atoms with van der Waals surface area (Å²) in [5, 5.41) is 0. The fourth-order valence-corrected chi connectivity index (χ4v) is 0.313. The van der Waals surface area contributed by atoms with Gasteiger partial charge in [-0.1, -0.05) is 6.07 Å². The van der Waals surface area contributed by atoms with Crippen molar-refractivity contribution in [3.8, 4) is 0 Å². The summed E-state index contributed by atoms with van der Waals surface area (Å²) in [6.07, 6.45) is 3.50. The molecule has 0 aliphatic carbocycles. The first-order valence-corrected chi connectivity index (χ1v) is 3.85. The Morgan fingerprint density at radius 2 is 1.00 bits per heavy atom. The summed E-state index contributed by atoms with van der Waals surface area (Å²) in [6.45, 7) is 0. The first-order chi connectivity index (χ1) is 5.00. The average molecular weight is 329 g/mol. The van der Waals surface area contributed by atoms with Crippen LogP contribution in [0.15, 0.2) is 30.6 Å². The maximum atomic E-state index is 8.52. The van der Waals surface area contributed by atoms with E-state index in [2.05, 4.69) is 4.98 Å². The maximum absolute atomic E-state index is 8.52. The molecule has 0 saturated heterocycles. The number of hydrogen-bond acceptors (Lipinski definition) is 5. The zero-order valence-electron chi connectivity index (χ0n) is 8.18. The molecule has 0 spiro atoms. The molecule has 10 N–H and O–H groups in total. The second-order valence-electron chi connectivity index (χ2n) is 1.43. The topological polar surface area (TPSA) is 251 Å². The van der Waals surface area contributed by atoms with Gasteiger partial charge in [-0.15, -0.1) is 0 Å². The molecule has 1 aromatic rings. The number of pyridine rings is 1. The van der Waals surface area contributed by atoms with Crippen molar-refractivity contribution in [2.75, 3.05) is 0 Å². The zero-order valence-corrected chi connectivity index (χ0v) is 9.93. The van der Waals surface area contributed by atoms with Gasteiger partial charge in [0.05, 0.1) is 0 Å². The Morgan fingerprint density at radius 3 is 1.06 bits per heavy atom. The number of aromatic nitrogens is 1. The van der Waals surface area contributed by atoms with Crippen LogP contribution in [0.5, 0.6) is 0 Å². The van der Waals surface area contributed by atoms with E-state index in [-0.39, 0.29) is 44.4 Å². The van der Waals surface area contributed by atoms with E-state index in [1.165, 1.54) is 0 Å². The molecule has 0 bridgehead atoms. The standard InChI is InChI=1S/C5H5N.Cu.H2O4S.5H2O/c1-2-4-6-5-3-1;;1-5(2,3)4;;;;;/h1-5H;;(H2,1,2,3,4);5*1H2/q;+2;;;;;;/p-2. The van der Waals surface area contributed by atoms with Gasteiger partial charge >= 0.3 is 17.1 Å². The third kappa shape index (κ3) is 95.7. The summed E-state index contributed by atoms with van der Waals surface area (Å²) < 4.78 is 34.1. The van der Waals surface area contributed by atoms with Crippen molar-refractivity contribution in [1.82, 2.24) is 4.98 Å². The van der Waals surface area contributed by atoms with Crippen LogP contribution in [-0.2, 0) is 27.5 Å². The molecule has 0 saturated carbocycles. The third-order valence-electron chi connectivity index (χ3n) is 0.566. The molecule has 0 unspecified atom stereocenters. The van der Waals surface area contributed by atoms with Gasteiger partial charge in [0, 0.05) is 22.8 Å². The molecule has 0 atom stereocenters. The van der Waals surface area contributed by atoms with Crippen LogP contribution in [0.4, 0.5) is 0 Å². The van der Waals surface area contributed by atoms with Crippen LogP contribution in [0.25, 0.3) is 0 Å². The molecule has 0 aromatic carbocycles. The molecule has 17 heavy (non-hydrogen) atoms. The minimum Gasteiger partial charge on any atom is -0.759 e. The van der Waals surface area contributed by atoms with Gasteiger partial charge in [-0.2, -0.15) is 0 Å². The van der Waals surface area contributed by atoms with Crippen LogP contribution >= 0.6 is 0 Å². The average Bonchev–Trinajstić information content (AvgIpc) is 1.88. The van der Waals surface area contributed by atoms with Crippen LogP contribution in [0.1, 0.15) is 0 Å². The van der Waals surface area contributed by atoms with Gasteiger partial charge in [0.15, 0.2) is 0 Å². The van der Waals surface area contributed by atoms with Crippen molar-refractivity contribution >= 4 is 10.4 Å². The van der Waals surface area contributed by atoms with Crippen molar-refractivity contribution in [3.05, 3.63) is 30.6 Å². The van der Waals surface area contributed by atoms with E-state index in [9.17, 15) is 0 Å². The van der Waals surface area contributed by atoms with Crippen LogP contribution in [0, 0.1) is 0 Å². The van der Waals surface area contributed by atoms with E-state index < -0.39 is 10.4 Å². The van der Waals surface area contributed by atoms with E-state index in [4.69, 9.17) is 17.5 Å². The van der Waals surface area contributed by atoms with Crippen molar-refractivity contribution in [1.29, 1.82) is 0 Å². The Kier molecular flexibility index (Phi) is 63.6. The minimum atomic E-state index is -5.17. The van der Waals surface area contributed by atoms with Crippen molar-refractivity contribution in [2.45, 2.75) is 0 Å². The molecule has 1 radical (unpaired) electrons. The van der Waals surface area contributed by atoms with E-state index in [0.29, 0.717) is 0 Å². The summed E-state index contributed by atoms with van der Waals surface area (Å²) >= 11 is 0. The SMILES string of the molecule is O.O.O.O.O.O=S(=O)([O-])[O-].[Cu+2].c1ccncc1. The molecule has 0 aliphatic heterocycles. The quantitative estimate of drug-likeness (QED) is 0.259. The second kappa shape index (κ2) is 24.5. The Bertz CT molecular complexity index is 246. The molecular weight excluding hydrogens is 314 g/mol. The molecule has 1 aromatic heterocycles. The second-order valence-corrected chi connectivity index (χ2v) is 2.25. The zero-order chi connectivity index (χ0) is 8.74. The summed E-state index contributed by atoms with van der Waals surface area (Å²) in [5.74, 6) is 0. The van der Waals surface area contributed by atoms with Crippen molar-refractivity contribution in [2.24, 2.45) is 0 Å². The van der Waals surface area contributed by atoms with Crippen LogP contribution < -0.4 is 0 Å². The molecule has 1 heterocycles. The first-order valence-electron chi connectivity index (χ1n) is 2.52. The Hall–Kier alpha value is -0.661. The summed E-state index contributed by atoms with van der Waals surface area (Å²) in [6, 6.07) is 5.72. The van der Waals surface area contributed by atoms with Crippen LogP contribution in [-0.4, -0.2) is 49.9 Å². The van der Waals surface area contributed by atoms with Crippen LogP contribution in [0.2, 0.25) is 0 Å². The molecule has 1 rings (SSSR count). The van der Waals surface area contributed by atoms with E-state index in [0.717, 1.165) is 0 Å². The molecule has 0 fully saturated rings. The van der Waals surface area contributed by atoms with Gasteiger partial charge in [-0.25, -0.2) is 0 Å². The van der Waals surface area contributed by atoms with Gasteiger partial charge in [0.2, 0.25) is 0 Å². The van der Waals surface area contributed by atoms with E-state index in [1.54, 1.807) is 12.4 Å². The van der Waals surface area contributed by atoms with Crippen molar-refractivity contribution < 1.29 is 62.0 Å². The van der Waals surface area contributed by atoms with Gasteiger partial charge in [0.1, 0.15) is 0 Å². The van der Waals surface area contributed by atoms with Gasteiger partial charge in [-0.3, -0.25) is 13.4 Å². The summed E-state index contributed by atoms with van der Waals surface area (Å²) in [5.41, 5.74) is 0. The van der Waals surface area contributed by atoms with E-state index >= 15 is 0 Å². The van der Waals surface area contributed by atoms with Crippen molar-refractivity contribution in [3.63, 3.8) is 0 Å². The first kappa shape index (κ1) is 44.1. The van der Waals surface area contributed by atoms with Gasteiger partial charge in [-0.05, 0) is 12.1 Å².